The molecule has 0 spiro atoms. The van der Waals surface area contributed by atoms with E-state index in [2.05, 4.69) is 75.8 Å². The predicted molar refractivity (Wildman–Crippen MR) is 118 cm³/mol. The minimum Gasteiger partial charge on any atom is -0.357 e. The molecule has 1 aromatic carbocycles. The van der Waals surface area contributed by atoms with Crippen molar-refractivity contribution in [1.82, 2.24) is 20.2 Å². The van der Waals surface area contributed by atoms with E-state index in [1.807, 2.05) is 30.1 Å². The molecule has 28 heavy (non-hydrogen) atoms. The number of nitrogens with one attached hydrogen (secondary N) is 2. The highest BCUT2D eigenvalue weighted by atomic mass is 32.1. The van der Waals surface area contributed by atoms with Gasteiger partial charge in [0.05, 0.1) is 12.9 Å². The second-order valence-electron chi connectivity index (χ2n) is 7.02. The highest BCUT2D eigenvalue weighted by Crippen LogP contribution is 2.14. The highest BCUT2D eigenvalue weighted by molar-refractivity contribution is 7.09. The Morgan fingerprint density at radius 2 is 2.11 bits per heavy atom. The van der Waals surface area contributed by atoms with E-state index in [4.69, 9.17) is 4.99 Å². The van der Waals surface area contributed by atoms with E-state index in [1.165, 1.54) is 16.0 Å². The zero-order chi connectivity index (χ0) is 19.6. The summed E-state index contributed by atoms with van der Waals surface area (Å²) < 4.78 is 2.07. The molecule has 2 aromatic heterocycles. The number of benzene rings is 1. The van der Waals surface area contributed by atoms with Crippen molar-refractivity contribution in [3.05, 3.63) is 76.5 Å². The maximum absolute atomic E-state index is 4.77. The number of guanidine groups is 1. The Labute approximate surface area is 171 Å². The van der Waals surface area contributed by atoms with Crippen molar-refractivity contribution in [2.45, 2.75) is 33.4 Å². The molecule has 0 aliphatic heterocycles. The molecule has 0 saturated heterocycles. The Morgan fingerprint density at radius 1 is 1.21 bits per heavy atom. The third-order valence-electron chi connectivity index (χ3n) is 4.43. The topological polar surface area (TPSA) is 54.2 Å². The van der Waals surface area contributed by atoms with Crippen molar-refractivity contribution >= 4 is 17.3 Å². The molecule has 6 heteroatoms. The lowest BCUT2D eigenvalue weighted by atomic mass is 10.1. The van der Waals surface area contributed by atoms with Crippen molar-refractivity contribution in [2.75, 3.05) is 13.1 Å². The summed E-state index contributed by atoms with van der Waals surface area (Å²) in [5.41, 5.74) is 2.47. The first kappa shape index (κ1) is 20.1. The van der Waals surface area contributed by atoms with Crippen LogP contribution in [0.5, 0.6) is 0 Å². The molecule has 0 saturated carbocycles. The van der Waals surface area contributed by atoms with Gasteiger partial charge in [-0.15, -0.1) is 11.3 Å². The molecule has 5 nitrogen and oxygen atoms in total. The molecule has 1 atom stereocenters. The molecule has 3 aromatic rings. The van der Waals surface area contributed by atoms with Gasteiger partial charge < -0.3 is 15.2 Å². The molecule has 2 N–H and O–H groups in total. The number of aliphatic imine (C=N–C) groups is 1. The van der Waals surface area contributed by atoms with Crippen molar-refractivity contribution in [1.29, 1.82) is 0 Å². The van der Waals surface area contributed by atoms with Crippen molar-refractivity contribution in [3.8, 4) is 0 Å². The second kappa shape index (κ2) is 10.7. The second-order valence-corrected chi connectivity index (χ2v) is 8.05. The lowest BCUT2D eigenvalue weighted by Crippen LogP contribution is -2.39. The summed E-state index contributed by atoms with van der Waals surface area (Å²) in [6.07, 6.45) is 6.73. The van der Waals surface area contributed by atoms with Crippen LogP contribution in [0.25, 0.3) is 0 Å². The minimum atomic E-state index is 0.556. The van der Waals surface area contributed by atoms with Gasteiger partial charge in [-0.1, -0.05) is 37.3 Å². The lowest BCUT2D eigenvalue weighted by Gasteiger charge is -2.15. The number of thiophene rings is 1. The average Bonchev–Trinajstić information content (AvgIpc) is 3.39. The minimum absolute atomic E-state index is 0.556. The maximum Gasteiger partial charge on any atom is 0.191 e. The highest BCUT2D eigenvalue weighted by Gasteiger charge is 2.06. The van der Waals surface area contributed by atoms with E-state index < -0.39 is 0 Å². The van der Waals surface area contributed by atoms with Gasteiger partial charge in [0.2, 0.25) is 0 Å². The number of aromatic nitrogens is 2. The van der Waals surface area contributed by atoms with Gasteiger partial charge in [0.25, 0.3) is 0 Å². The monoisotopic (exact) mass is 395 g/mol. The van der Waals surface area contributed by atoms with Crippen LogP contribution in [0, 0.1) is 5.92 Å². The number of hydrogen-bond donors (Lipinski definition) is 2. The Kier molecular flexibility index (Phi) is 7.67. The first-order valence-electron chi connectivity index (χ1n) is 9.81. The first-order chi connectivity index (χ1) is 13.7. The fourth-order valence-electron chi connectivity index (χ4n) is 3.04. The third-order valence-corrected chi connectivity index (χ3v) is 5.33. The smallest absolute Gasteiger partial charge is 0.191 e. The first-order valence-corrected chi connectivity index (χ1v) is 10.7. The molecule has 0 radical (unpaired) electrons. The molecule has 0 aliphatic carbocycles. The summed E-state index contributed by atoms with van der Waals surface area (Å²) in [4.78, 5) is 10.3. The maximum atomic E-state index is 4.77. The van der Waals surface area contributed by atoms with E-state index in [1.54, 1.807) is 0 Å². The van der Waals surface area contributed by atoms with Crippen LogP contribution in [0.15, 0.2) is 65.5 Å². The van der Waals surface area contributed by atoms with Gasteiger partial charge in [0.1, 0.15) is 0 Å². The molecule has 0 aliphatic rings. The van der Waals surface area contributed by atoms with Crippen LogP contribution in [-0.2, 0) is 19.5 Å². The van der Waals surface area contributed by atoms with Crippen molar-refractivity contribution in [2.24, 2.45) is 10.9 Å². The third kappa shape index (κ3) is 6.53. The number of nitrogens with zero attached hydrogens (tertiary/aromatic N) is 3. The van der Waals surface area contributed by atoms with Crippen molar-refractivity contribution < 1.29 is 0 Å². The van der Waals surface area contributed by atoms with Crippen LogP contribution in [0.4, 0.5) is 0 Å². The summed E-state index contributed by atoms with van der Waals surface area (Å²) in [7, 11) is 0. The fraction of sp³-hybridized carbons (Fsp3) is 0.364. The summed E-state index contributed by atoms with van der Waals surface area (Å²) in [6.45, 7) is 7.62. The fourth-order valence-corrected chi connectivity index (χ4v) is 3.91. The Hall–Kier alpha value is -2.60. The van der Waals surface area contributed by atoms with Crippen LogP contribution in [-0.4, -0.2) is 28.6 Å². The quantitative estimate of drug-likeness (QED) is 0.426. The molecule has 0 amide bonds. The van der Waals surface area contributed by atoms with E-state index in [0.29, 0.717) is 12.5 Å². The number of imidazole rings is 1. The molecule has 3 rings (SSSR count). The Morgan fingerprint density at radius 3 is 2.86 bits per heavy atom. The van der Waals surface area contributed by atoms with Gasteiger partial charge in [-0.25, -0.2) is 9.98 Å². The van der Waals surface area contributed by atoms with Gasteiger partial charge >= 0.3 is 0 Å². The van der Waals surface area contributed by atoms with Gasteiger partial charge in [-0.3, -0.25) is 0 Å². The number of rotatable bonds is 9. The summed E-state index contributed by atoms with van der Waals surface area (Å²) in [6, 6.07) is 12.9. The molecule has 2 heterocycles. The van der Waals surface area contributed by atoms with Gasteiger partial charge in [0.15, 0.2) is 5.96 Å². The summed E-state index contributed by atoms with van der Waals surface area (Å²) in [5, 5.41) is 8.97. The zero-order valence-electron chi connectivity index (χ0n) is 16.6. The molecule has 1 unspecified atom stereocenters. The molecule has 148 valence electrons. The van der Waals surface area contributed by atoms with Crippen LogP contribution in [0.1, 0.15) is 29.9 Å². The number of hydrogen-bond acceptors (Lipinski definition) is 3. The molecular weight excluding hydrogens is 366 g/mol. The van der Waals surface area contributed by atoms with Crippen LogP contribution in [0.3, 0.4) is 0 Å². The molecular formula is C22H29N5S. The Balaban J connectivity index is 1.54. The largest absolute Gasteiger partial charge is 0.357 e. The van der Waals surface area contributed by atoms with Gasteiger partial charge in [-0.05, 0) is 41.8 Å². The summed E-state index contributed by atoms with van der Waals surface area (Å²) >= 11 is 1.83. The SMILES string of the molecule is CCNC(=NCc1cccc(Cn2ccnc2)c1)NCC(C)Cc1cccs1. The van der Waals surface area contributed by atoms with E-state index >= 15 is 0 Å². The standard InChI is InChI=1S/C22H29N5S/c1-3-24-22(25-14-18(2)12-21-8-5-11-28-21)26-15-19-6-4-7-20(13-19)16-27-10-9-23-17-27/h4-11,13,17-18H,3,12,14-16H2,1-2H3,(H2,24,25,26). The van der Waals surface area contributed by atoms with E-state index in [9.17, 15) is 0 Å². The zero-order valence-corrected chi connectivity index (χ0v) is 17.5. The van der Waals surface area contributed by atoms with E-state index in [0.717, 1.165) is 32.0 Å². The average molecular weight is 396 g/mol. The van der Waals surface area contributed by atoms with Crippen LogP contribution < -0.4 is 10.6 Å². The Bertz CT molecular complexity index is 840. The predicted octanol–water partition coefficient (Wildman–Crippen LogP) is 3.93. The van der Waals surface area contributed by atoms with E-state index in [-0.39, 0.29) is 0 Å². The van der Waals surface area contributed by atoms with Crippen LogP contribution >= 0.6 is 11.3 Å². The molecule has 0 bridgehead atoms. The van der Waals surface area contributed by atoms with Crippen LogP contribution in [0.2, 0.25) is 0 Å². The summed E-state index contributed by atoms with van der Waals surface area (Å²) in [5.74, 6) is 1.43. The normalized spacial score (nSPS) is 12.7. The van der Waals surface area contributed by atoms with Gasteiger partial charge in [-0.2, -0.15) is 0 Å². The van der Waals surface area contributed by atoms with Crippen molar-refractivity contribution in [3.63, 3.8) is 0 Å². The molecule has 0 fully saturated rings. The lowest BCUT2D eigenvalue weighted by molar-refractivity contribution is 0.562. The van der Waals surface area contributed by atoms with Gasteiger partial charge in [0, 0.05) is 36.9 Å².